The van der Waals surface area contributed by atoms with Gasteiger partial charge in [-0.25, -0.2) is 18.6 Å². The fraction of sp³-hybridized carbons (Fsp3) is 0.143. The summed E-state index contributed by atoms with van der Waals surface area (Å²) in [5.41, 5.74) is -7.20. The molecule has 2 aromatic carbocycles. The molecule has 7 nitrogen and oxygen atoms in total. The van der Waals surface area contributed by atoms with E-state index in [1.165, 1.54) is 6.07 Å². The number of aromatic nitrogens is 2. The van der Waals surface area contributed by atoms with Crippen LogP contribution in [-0.2, 0) is 23.6 Å². The number of nitrogens with zero attached hydrogens (tertiary/aromatic N) is 3. The van der Waals surface area contributed by atoms with Crippen LogP contribution in [-0.4, -0.2) is 22.6 Å². The van der Waals surface area contributed by atoms with E-state index in [0.717, 1.165) is 43.5 Å². The quantitative estimate of drug-likeness (QED) is 0.178. The molecule has 4 rings (SSSR count). The smallest absolute Gasteiger partial charge is 0.417 e. The Kier molecular flexibility index (Phi) is 8.25. The van der Waals surface area contributed by atoms with Crippen molar-refractivity contribution in [2.75, 3.05) is 7.11 Å². The van der Waals surface area contributed by atoms with Crippen LogP contribution in [0.25, 0.3) is 11.3 Å². The van der Waals surface area contributed by atoms with E-state index in [0.29, 0.717) is 29.0 Å². The molecule has 222 valence electrons. The zero-order valence-corrected chi connectivity index (χ0v) is 21.5. The van der Waals surface area contributed by atoms with Crippen molar-refractivity contribution >= 4 is 5.97 Å². The van der Waals surface area contributed by atoms with Crippen molar-refractivity contribution in [1.82, 2.24) is 9.55 Å². The Balaban J connectivity index is 1.78. The summed E-state index contributed by atoms with van der Waals surface area (Å²) in [6, 6.07) is 9.13. The zero-order valence-electron chi connectivity index (χ0n) is 21.5. The van der Waals surface area contributed by atoms with E-state index >= 15 is 0 Å². The summed E-state index contributed by atoms with van der Waals surface area (Å²) >= 11 is 0. The Morgan fingerprint density at radius 3 is 2.16 bits per heavy atom. The number of hydrogen-bond acceptors (Lipinski definition) is 6. The first kappa shape index (κ1) is 30.7. The molecule has 0 spiro atoms. The summed E-state index contributed by atoms with van der Waals surface area (Å²) in [6.07, 6.45) is -9.50. The Hall–Kier alpha value is -5.26. The Labute approximate surface area is 236 Å². The number of halogens is 8. The molecule has 2 aromatic heterocycles. The van der Waals surface area contributed by atoms with E-state index in [9.17, 15) is 50.0 Å². The van der Waals surface area contributed by atoms with Gasteiger partial charge in [0.2, 0.25) is 5.88 Å². The second-order valence-corrected chi connectivity index (χ2v) is 8.74. The van der Waals surface area contributed by atoms with Gasteiger partial charge in [0, 0.05) is 23.9 Å². The second kappa shape index (κ2) is 11.6. The van der Waals surface area contributed by atoms with Gasteiger partial charge < -0.3 is 14.0 Å². The largest absolute Gasteiger partial charge is 0.465 e. The molecular formula is C28H15F8N3O4. The van der Waals surface area contributed by atoms with Gasteiger partial charge in [-0.05, 0) is 42.0 Å². The predicted molar refractivity (Wildman–Crippen MR) is 132 cm³/mol. The molecule has 0 aliphatic heterocycles. The highest BCUT2D eigenvalue weighted by molar-refractivity contribution is 5.91. The lowest BCUT2D eigenvalue weighted by molar-refractivity contribution is -0.138. The molecule has 15 heteroatoms. The molecule has 0 radical (unpaired) electrons. The molecule has 0 saturated heterocycles. The van der Waals surface area contributed by atoms with Gasteiger partial charge in [-0.1, -0.05) is 6.07 Å². The maximum Gasteiger partial charge on any atom is 0.417 e. The monoisotopic (exact) mass is 609 g/mol. The molecule has 43 heavy (non-hydrogen) atoms. The molecule has 0 aliphatic carbocycles. The summed E-state index contributed by atoms with van der Waals surface area (Å²) in [7, 11) is 0.885. The Morgan fingerprint density at radius 2 is 1.60 bits per heavy atom. The molecule has 2 heterocycles. The minimum absolute atomic E-state index is 0.0630. The molecular weight excluding hydrogens is 594 g/mol. The van der Waals surface area contributed by atoms with Crippen molar-refractivity contribution in [3.63, 3.8) is 0 Å². The molecule has 0 saturated carbocycles. The number of esters is 1. The van der Waals surface area contributed by atoms with Gasteiger partial charge in [0.25, 0.3) is 5.56 Å². The van der Waals surface area contributed by atoms with E-state index in [-0.39, 0.29) is 16.9 Å². The van der Waals surface area contributed by atoms with Crippen LogP contribution >= 0.6 is 0 Å². The van der Waals surface area contributed by atoms with Crippen molar-refractivity contribution in [3.05, 3.63) is 111 Å². The predicted octanol–water partition coefficient (Wildman–Crippen LogP) is 6.72. The number of carbonyl (C=O) groups is 1. The van der Waals surface area contributed by atoms with Crippen LogP contribution in [0.4, 0.5) is 35.1 Å². The topological polar surface area (TPSA) is 94.2 Å². The summed E-state index contributed by atoms with van der Waals surface area (Å²) < 4.78 is 120. The van der Waals surface area contributed by atoms with Crippen molar-refractivity contribution in [2.24, 2.45) is 0 Å². The van der Waals surface area contributed by atoms with Gasteiger partial charge in [-0.3, -0.25) is 4.79 Å². The van der Waals surface area contributed by atoms with Crippen LogP contribution in [0.3, 0.4) is 0 Å². The highest BCUT2D eigenvalue weighted by Crippen LogP contribution is 2.36. The summed E-state index contributed by atoms with van der Waals surface area (Å²) in [6.45, 7) is -0.679. The van der Waals surface area contributed by atoms with Crippen LogP contribution in [0, 0.1) is 23.0 Å². The van der Waals surface area contributed by atoms with Crippen molar-refractivity contribution in [1.29, 1.82) is 5.26 Å². The molecule has 0 aliphatic rings. The van der Waals surface area contributed by atoms with Crippen molar-refractivity contribution in [2.45, 2.75) is 18.9 Å². The third-order valence-corrected chi connectivity index (χ3v) is 6.02. The van der Waals surface area contributed by atoms with Gasteiger partial charge in [-0.2, -0.15) is 31.6 Å². The third kappa shape index (κ3) is 6.48. The first-order chi connectivity index (χ1) is 20.1. The molecule has 0 fully saturated rings. The fourth-order valence-electron chi connectivity index (χ4n) is 4.01. The van der Waals surface area contributed by atoms with Gasteiger partial charge in [-0.15, -0.1) is 0 Å². The van der Waals surface area contributed by atoms with Crippen LogP contribution in [0.1, 0.15) is 32.6 Å². The summed E-state index contributed by atoms with van der Waals surface area (Å²) in [5, 5.41) is 9.31. The molecule has 0 amide bonds. The van der Waals surface area contributed by atoms with Crippen molar-refractivity contribution < 1.29 is 49.4 Å². The first-order valence-electron chi connectivity index (χ1n) is 11.8. The van der Waals surface area contributed by atoms with E-state index in [2.05, 4.69) is 9.72 Å². The highest BCUT2D eigenvalue weighted by atomic mass is 19.4. The standard InChI is InChI=1S/C28H15F8N3O4/c1-42-26(41)19-12-38-24(10-21(19)28(34,35)36)43-17-6-3-14(4-7-17)23-9-20(27(31,32)33)18(11-37)25(40)39(23)13-15-2-5-16(29)8-22(15)30/h2-10,12H,13H2,1H3. The van der Waals surface area contributed by atoms with Crippen LogP contribution in [0.5, 0.6) is 11.6 Å². The number of rotatable bonds is 6. The average molecular weight is 609 g/mol. The average Bonchev–Trinajstić information content (AvgIpc) is 2.94. The van der Waals surface area contributed by atoms with E-state index in [1.807, 2.05) is 0 Å². The van der Waals surface area contributed by atoms with Crippen molar-refractivity contribution in [3.8, 4) is 29.0 Å². The van der Waals surface area contributed by atoms with E-state index in [1.54, 1.807) is 0 Å². The first-order valence-corrected chi connectivity index (χ1v) is 11.8. The van der Waals surface area contributed by atoms with E-state index < -0.39 is 75.9 Å². The Bertz CT molecular complexity index is 1810. The SMILES string of the molecule is COC(=O)c1cnc(Oc2ccc(-c3cc(C(F)(F)F)c(C#N)c(=O)n3Cc3ccc(F)cc3F)cc2)cc1C(F)(F)F. The molecule has 0 atom stereocenters. The van der Waals surface area contributed by atoms with Crippen LogP contribution < -0.4 is 10.3 Å². The molecule has 0 N–H and O–H groups in total. The van der Waals surface area contributed by atoms with Gasteiger partial charge in [0.15, 0.2) is 0 Å². The lowest BCUT2D eigenvalue weighted by Crippen LogP contribution is -2.29. The van der Waals surface area contributed by atoms with Crippen LogP contribution in [0.2, 0.25) is 0 Å². The number of alkyl halides is 6. The number of ether oxygens (including phenoxy) is 2. The molecule has 0 bridgehead atoms. The number of nitriles is 1. The number of pyridine rings is 2. The highest BCUT2D eigenvalue weighted by Gasteiger charge is 2.38. The number of hydrogen-bond donors (Lipinski definition) is 0. The van der Waals surface area contributed by atoms with Crippen LogP contribution in [0.15, 0.2) is 65.6 Å². The van der Waals surface area contributed by atoms with Gasteiger partial charge in [0.1, 0.15) is 29.0 Å². The number of carbonyl (C=O) groups excluding carboxylic acids is 1. The molecule has 0 unspecified atom stereocenters. The minimum atomic E-state index is -5.12. The Morgan fingerprint density at radius 1 is 0.953 bits per heavy atom. The fourth-order valence-corrected chi connectivity index (χ4v) is 4.01. The van der Waals surface area contributed by atoms with E-state index in [4.69, 9.17) is 4.74 Å². The summed E-state index contributed by atoms with van der Waals surface area (Å²) in [5.74, 6) is -4.05. The maximum absolute atomic E-state index is 14.4. The number of benzene rings is 2. The van der Waals surface area contributed by atoms with Gasteiger partial charge in [0.05, 0.1) is 36.0 Å². The lowest BCUT2D eigenvalue weighted by Gasteiger charge is -2.18. The minimum Gasteiger partial charge on any atom is -0.465 e. The second-order valence-electron chi connectivity index (χ2n) is 8.74. The maximum atomic E-state index is 14.4. The lowest BCUT2D eigenvalue weighted by atomic mass is 10.0. The number of methoxy groups -OCH3 is 1. The normalized spacial score (nSPS) is 11.6. The molecule has 4 aromatic rings. The van der Waals surface area contributed by atoms with Gasteiger partial charge >= 0.3 is 18.3 Å². The summed E-state index contributed by atoms with van der Waals surface area (Å²) in [4.78, 5) is 28.4. The zero-order chi connectivity index (χ0) is 31.7. The third-order valence-electron chi connectivity index (χ3n) is 6.02.